The molecule has 0 spiro atoms. The molecule has 0 aliphatic carbocycles. The van der Waals surface area contributed by atoms with Gasteiger partial charge in [0.1, 0.15) is 5.69 Å². The van der Waals surface area contributed by atoms with Crippen LogP contribution in [0.3, 0.4) is 0 Å². The Balaban J connectivity index is 1.47. The molecular weight excluding hydrogens is 382 g/mol. The molecule has 150 valence electrons. The van der Waals surface area contributed by atoms with Crippen LogP contribution in [0.15, 0.2) is 65.8 Å². The number of hydrogen-bond donors (Lipinski definition) is 0. The van der Waals surface area contributed by atoms with E-state index in [4.69, 9.17) is 4.52 Å². The Kier molecular flexibility index (Phi) is 4.55. The normalized spacial score (nSPS) is 18.6. The van der Waals surface area contributed by atoms with E-state index in [0.29, 0.717) is 30.5 Å². The van der Waals surface area contributed by atoms with E-state index in [0.717, 1.165) is 11.1 Å². The summed E-state index contributed by atoms with van der Waals surface area (Å²) in [6, 6.07) is 9.30. The molecule has 30 heavy (non-hydrogen) atoms. The number of carbonyl (C=O) groups excluding carboxylic acids is 1. The van der Waals surface area contributed by atoms with Gasteiger partial charge in [0.2, 0.25) is 11.7 Å². The van der Waals surface area contributed by atoms with Gasteiger partial charge < -0.3 is 9.42 Å². The smallest absolute Gasteiger partial charge is 0.274 e. The summed E-state index contributed by atoms with van der Waals surface area (Å²) in [7, 11) is 1.79. The minimum absolute atomic E-state index is 0.00268. The third-order valence-electron chi connectivity index (χ3n) is 5.35. The van der Waals surface area contributed by atoms with E-state index in [1.54, 1.807) is 47.5 Å². The van der Waals surface area contributed by atoms with Gasteiger partial charge in [-0.2, -0.15) is 10.1 Å². The maximum atomic E-state index is 13.0. The lowest BCUT2D eigenvalue weighted by molar-refractivity contribution is 0.0781. The number of amides is 1. The summed E-state index contributed by atoms with van der Waals surface area (Å²) in [6.07, 6.45) is 8.70. The second-order valence-corrected chi connectivity index (χ2v) is 7.28. The second-order valence-electron chi connectivity index (χ2n) is 7.28. The fourth-order valence-corrected chi connectivity index (χ4v) is 3.85. The molecule has 0 aromatic carbocycles. The molecule has 2 atom stereocenters. The van der Waals surface area contributed by atoms with Gasteiger partial charge in [-0.1, -0.05) is 11.2 Å². The van der Waals surface area contributed by atoms with E-state index in [9.17, 15) is 4.79 Å². The molecule has 0 saturated carbocycles. The average molecular weight is 401 g/mol. The quantitative estimate of drug-likeness (QED) is 0.517. The highest BCUT2D eigenvalue weighted by atomic mass is 16.5. The van der Waals surface area contributed by atoms with Gasteiger partial charge in [-0.15, -0.1) is 0 Å². The van der Waals surface area contributed by atoms with Gasteiger partial charge in [0.05, 0.1) is 5.92 Å². The summed E-state index contributed by atoms with van der Waals surface area (Å²) in [5.74, 6) is 0.766. The topological polar surface area (TPSA) is 103 Å². The van der Waals surface area contributed by atoms with E-state index in [2.05, 4.69) is 25.2 Å². The first-order valence-corrected chi connectivity index (χ1v) is 9.62. The fraction of sp³-hybridized carbons (Fsp3) is 0.238. The Morgan fingerprint density at radius 2 is 1.90 bits per heavy atom. The van der Waals surface area contributed by atoms with Gasteiger partial charge in [-0.3, -0.25) is 19.4 Å². The summed E-state index contributed by atoms with van der Waals surface area (Å²) in [6.45, 7) is 0.992. The van der Waals surface area contributed by atoms with Crippen LogP contribution in [0.25, 0.3) is 11.4 Å². The zero-order valence-electron chi connectivity index (χ0n) is 16.3. The van der Waals surface area contributed by atoms with Crippen LogP contribution >= 0.6 is 0 Å². The first-order valence-electron chi connectivity index (χ1n) is 9.62. The van der Waals surface area contributed by atoms with E-state index < -0.39 is 0 Å². The zero-order valence-corrected chi connectivity index (χ0v) is 16.3. The van der Waals surface area contributed by atoms with Crippen LogP contribution in [-0.4, -0.2) is 53.8 Å². The van der Waals surface area contributed by atoms with E-state index in [1.165, 1.54) is 0 Å². The molecule has 4 aromatic heterocycles. The van der Waals surface area contributed by atoms with Crippen LogP contribution in [0.5, 0.6) is 0 Å². The number of pyridine rings is 2. The summed E-state index contributed by atoms with van der Waals surface area (Å²) in [5.41, 5.74) is 2.28. The number of hydrogen-bond acceptors (Lipinski definition) is 7. The van der Waals surface area contributed by atoms with Crippen molar-refractivity contribution in [3.05, 3.63) is 78.5 Å². The minimum Gasteiger partial charge on any atom is -0.339 e. The molecule has 5 heterocycles. The van der Waals surface area contributed by atoms with Gasteiger partial charge in [-0.25, -0.2) is 0 Å². The lowest BCUT2D eigenvalue weighted by Gasteiger charge is -2.15. The summed E-state index contributed by atoms with van der Waals surface area (Å²) < 4.78 is 7.26. The monoisotopic (exact) mass is 401 g/mol. The van der Waals surface area contributed by atoms with Crippen molar-refractivity contribution in [2.75, 3.05) is 13.1 Å². The number of nitrogens with zero attached hydrogens (tertiary/aromatic N) is 7. The van der Waals surface area contributed by atoms with Gasteiger partial charge >= 0.3 is 0 Å². The van der Waals surface area contributed by atoms with Gasteiger partial charge in [0.25, 0.3) is 5.91 Å². The number of aromatic nitrogens is 6. The third kappa shape index (κ3) is 3.34. The standard InChI is InChI=1S/C21H19N7O2/c1-27-10-6-18(25-27)21(29)28-12-16(15-3-2-7-23-11-15)17(13-28)20-24-19(26-30-20)14-4-8-22-9-5-14/h2-11,16-17H,12-13H2,1H3/t16-,17+/m0/s1. The molecule has 9 nitrogen and oxygen atoms in total. The van der Waals surface area contributed by atoms with E-state index in [-0.39, 0.29) is 17.7 Å². The zero-order chi connectivity index (χ0) is 20.5. The molecule has 1 aliphatic heterocycles. The maximum Gasteiger partial charge on any atom is 0.274 e. The molecule has 4 aromatic rings. The van der Waals surface area contributed by atoms with Crippen molar-refractivity contribution in [2.45, 2.75) is 11.8 Å². The van der Waals surface area contributed by atoms with Crippen molar-refractivity contribution in [1.82, 2.24) is 34.8 Å². The Morgan fingerprint density at radius 1 is 1.07 bits per heavy atom. The summed E-state index contributed by atoms with van der Waals surface area (Å²) >= 11 is 0. The molecular formula is C21H19N7O2. The first-order chi connectivity index (χ1) is 14.7. The molecule has 1 saturated heterocycles. The SMILES string of the molecule is Cn1ccc(C(=O)N2C[C@@H](c3cccnc3)[C@H](c3nc(-c4ccncc4)no3)C2)n1. The molecule has 9 heteroatoms. The third-order valence-corrected chi connectivity index (χ3v) is 5.35. The van der Waals surface area contributed by atoms with Crippen molar-refractivity contribution < 1.29 is 9.32 Å². The van der Waals surface area contributed by atoms with Crippen LogP contribution in [0, 0.1) is 0 Å². The second kappa shape index (κ2) is 7.51. The lowest BCUT2D eigenvalue weighted by atomic mass is 9.90. The Morgan fingerprint density at radius 3 is 2.63 bits per heavy atom. The van der Waals surface area contributed by atoms with Crippen molar-refractivity contribution in [1.29, 1.82) is 0 Å². The molecule has 0 unspecified atom stereocenters. The molecule has 1 amide bonds. The summed E-state index contributed by atoms with van der Waals surface area (Å²) in [4.78, 5) is 27.7. The van der Waals surface area contributed by atoms with Crippen molar-refractivity contribution in [3.8, 4) is 11.4 Å². The molecule has 1 fully saturated rings. The minimum atomic E-state index is -0.134. The predicted molar refractivity (Wildman–Crippen MR) is 106 cm³/mol. The van der Waals surface area contributed by atoms with Crippen LogP contribution < -0.4 is 0 Å². The highest BCUT2D eigenvalue weighted by molar-refractivity contribution is 5.92. The maximum absolute atomic E-state index is 13.0. The molecule has 0 N–H and O–H groups in total. The highest BCUT2D eigenvalue weighted by Crippen LogP contribution is 2.39. The van der Waals surface area contributed by atoms with E-state index in [1.807, 2.05) is 30.5 Å². The molecule has 1 aliphatic rings. The Labute approximate surface area is 172 Å². The molecule has 5 rings (SSSR count). The molecule has 0 radical (unpaired) electrons. The average Bonchev–Trinajstić information content (AvgIpc) is 3.53. The predicted octanol–water partition coefficient (Wildman–Crippen LogP) is 2.28. The lowest BCUT2D eigenvalue weighted by Crippen LogP contribution is -2.29. The fourth-order valence-electron chi connectivity index (χ4n) is 3.85. The van der Waals surface area contributed by atoms with Crippen LogP contribution in [-0.2, 0) is 7.05 Å². The van der Waals surface area contributed by atoms with Crippen LogP contribution in [0.1, 0.15) is 33.8 Å². The van der Waals surface area contributed by atoms with Crippen molar-refractivity contribution >= 4 is 5.91 Å². The van der Waals surface area contributed by atoms with Crippen LogP contribution in [0.2, 0.25) is 0 Å². The van der Waals surface area contributed by atoms with E-state index >= 15 is 0 Å². The highest BCUT2D eigenvalue weighted by Gasteiger charge is 2.41. The van der Waals surface area contributed by atoms with Gasteiger partial charge in [-0.05, 0) is 29.8 Å². The largest absolute Gasteiger partial charge is 0.339 e. The number of carbonyl (C=O) groups is 1. The van der Waals surface area contributed by atoms with Gasteiger partial charge in [0, 0.05) is 62.6 Å². The number of likely N-dealkylation sites (tertiary alicyclic amines) is 1. The van der Waals surface area contributed by atoms with Gasteiger partial charge in [0.15, 0.2) is 0 Å². The number of rotatable bonds is 4. The number of aryl methyl sites for hydroxylation is 1. The van der Waals surface area contributed by atoms with Crippen molar-refractivity contribution in [3.63, 3.8) is 0 Å². The first kappa shape index (κ1) is 18.2. The Bertz CT molecular complexity index is 1160. The summed E-state index contributed by atoms with van der Waals surface area (Å²) in [5, 5.41) is 8.39. The van der Waals surface area contributed by atoms with Crippen LogP contribution in [0.4, 0.5) is 0 Å². The Hall–Kier alpha value is -3.88. The molecule has 0 bridgehead atoms. The van der Waals surface area contributed by atoms with Crippen molar-refractivity contribution in [2.24, 2.45) is 7.05 Å².